The quantitative estimate of drug-likeness (QED) is 0.725. The molecule has 0 aromatic carbocycles. The number of ether oxygens (including phenoxy) is 1. The summed E-state index contributed by atoms with van der Waals surface area (Å²) in [6.07, 6.45) is 0. The summed E-state index contributed by atoms with van der Waals surface area (Å²) in [7, 11) is 2.62. The molecule has 0 saturated carbocycles. The monoisotopic (exact) mass is 307 g/mol. The van der Waals surface area contributed by atoms with Gasteiger partial charge in [-0.3, -0.25) is 23.3 Å². The number of hydrogen-bond acceptors (Lipinski definition) is 5. The van der Waals surface area contributed by atoms with Gasteiger partial charge in [-0.15, -0.1) is 0 Å². The maximum Gasteiger partial charge on any atom is 0.339 e. The van der Waals surface area contributed by atoms with Gasteiger partial charge in [0.2, 0.25) is 0 Å². The van der Waals surface area contributed by atoms with Crippen molar-refractivity contribution in [2.75, 3.05) is 7.11 Å². The van der Waals surface area contributed by atoms with Gasteiger partial charge in [-0.25, -0.2) is 9.59 Å². The Morgan fingerprint density at radius 2 is 1.73 bits per heavy atom. The van der Waals surface area contributed by atoms with Gasteiger partial charge in [0, 0.05) is 26.2 Å². The second-order valence-corrected chi connectivity index (χ2v) is 4.72. The Bertz CT molecular complexity index is 933. The van der Waals surface area contributed by atoms with E-state index < -0.39 is 22.8 Å². The fraction of sp³-hybridized carbons (Fsp3) is 0.429. The third-order valence-electron chi connectivity index (χ3n) is 3.62. The summed E-state index contributed by atoms with van der Waals surface area (Å²) in [5.74, 6) is -0.788. The third kappa shape index (κ3) is 2.07. The molecule has 2 aromatic rings. The van der Waals surface area contributed by atoms with Crippen LogP contribution in [-0.4, -0.2) is 26.8 Å². The van der Waals surface area contributed by atoms with Gasteiger partial charge in [0.25, 0.3) is 11.1 Å². The molecule has 0 unspecified atom stereocenters. The molecule has 118 valence electrons. The van der Waals surface area contributed by atoms with E-state index in [0.29, 0.717) is 0 Å². The molecule has 0 spiro atoms. The zero-order valence-corrected chi connectivity index (χ0v) is 12.9. The number of aryl methyl sites for hydroxylation is 2. The van der Waals surface area contributed by atoms with Crippen LogP contribution in [0.3, 0.4) is 0 Å². The maximum absolute atomic E-state index is 12.6. The summed E-state index contributed by atoms with van der Waals surface area (Å²) >= 11 is 0. The lowest BCUT2D eigenvalue weighted by Gasteiger charge is -2.15. The number of methoxy groups -OCH3 is 1. The summed E-state index contributed by atoms with van der Waals surface area (Å²) in [6, 6.07) is 1.06. The van der Waals surface area contributed by atoms with Crippen molar-refractivity contribution >= 4 is 17.0 Å². The largest absolute Gasteiger partial charge is 0.465 e. The third-order valence-corrected chi connectivity index (χ3v) is 3.62. The van der Waals surface area contributed by atoms with Crippen molar-refractivity contribution < 1.29 is 9.53 Å². The summed E-state index contributed by atoms with van der Waals surface area (Å²) in [6.45, 7) is 3.81. The molecule has 0 aliphatic heterocycles. The number of carbonyl (C=O) groups excluding carboxylic acids is 1. The first-order valence-electron chi connectivity index (χ1n) is 6.84. The van der Waals surface area contributed by atoms with Gasteiger partial charge in [0.1, 0.15) is 5.65 Å². The fourth-order valence-electron chi connectivity index (χ4n) is 2.50. The Morgan fingerprint density at radius 1 is 1.14 bits per heavy atom. The van der Waals surface area contributed by atoms with E-state index in [0.717, 1.165) is 10.6 Å². The lowest BCUT2D eigenvalue weighted by atomic mass is 10.1. The Balaban J connectivity index is 3.26. The van der Waals surface area contributed by atoms with Crippen molar-refractivity contribution in [2.24, 2.45) is 7.05 Å². The van der Waals surface area contributed by atoms with Crippen LogP contribution >= 0.6 is 0 Å². The Labute approximate surface area is 125 Å². The van der Waals surface area contributed by atoms with Gasteiger partial charge in [-0.05, 0) is 13.8 Å². The highest BCUT2D eigenvalue weighted by Crippen LogP contribution is 2.12. The van der Waals surface area contributed by atoms with E-state index in [1.165, 1.54) is 23.3 Å². The Morgan fingerprint density at radius 3 is 2.23 bits per heavy atom. The zero-order chi connectivity index (χ0) is 16.6. The number of carbonyl (C=O) groups is 1. The minimum atomic E-state index is -0.788. The van der Waals surface area contributed by atoms with E-state index in [9.17, 15) is 19.2 Å². The number of rotatable bonds is 3. The molecule has 2 aromatic heterocycles. The van der Waals surface area contributed by atoms with E-state index in [1.54, 1.807) is 13.8 Å². The number of esters is 1. The van der Waals surface area contributed by atoms with E-state index in [-0.39, 0.29) is 29.7 Å². The molecule has 8 heteroatoms. The average Bonchev–Trinajstić information content (AvgIpc) is 2.50. The number of nitrogens with zero attached hydrogens (tertiary/aromatic N) is 3. The summed E-state index contributed by atoms with van der Waals surface area (Å²) < 4.78 is 8.17. The Kier molecular flexibility index (Phi) is 4.03. The van der Waals surface area contributed by atoms with Gasteiger partial charge >= 0.3 is 11.7 Å². The van der Waals surface area contributed by atoms with Crippen molar-refractivity contribution in [1.29, 1.82) is 0 Å². The van der Waals surface area contributed by atoms with Crippen LogP contribution in [0.4, 0.5) is 0 Å². The molecule has 0 amide bonds. The maximum atomic E-state index is 12.6. The molecule has 2 rings (SSSR count). The second-order valence-electron chi connectivity index (χ2n) is 4.72. The van der Waals surface area contributed by atoms with Crippen molar-refractivity contribution in [1.82, 2.24) is 13.7 Å². The van der Waals surface area contributed by atoms with Gasteiger partial charge in [0.15, 0.2) is 0 Å². The summed E-state index contributed by atoms with van der Waals surface area (Å²) in [5.41, 5.74) is -1.63. The average molecular weight is 307 g/mol. The minimum absolute atomic E-state index is 0.0113. The predicted octanol–water partition coefficient (Wildman–Crippen LogP) is -0.312. The van der Waals surface area contributed by atoms with Crippen LogP contribution in [0.2, 0.25) is 0 Å². The van der Waals surface area contributed by atoms with Crippen LogP contribution in [0.15, 0.2) is 20.4 Å². The first kappa shape index (κ1) is 15.7. The minimum Gasteiger partial charge on any atom is -0.465 e. The van der Waals surface area contributed by atoms with E-state index in [1.807, 2.05) is 0 Å². The molecule has 0 bridgehead atoms. The molecule has 0 aliphatic carbocycles. The normalized spacial score (nSPS) is 10.9. The first-order chi connectivity index (χ1) is 10.4. The van der Waals surface area contributed by atoms with Gasteiger partial charge in [-0.2, -0.15) is 0 Å². The van der Waals surface area contributed by atoms with E-state index >= 15 is 0 Å². The van der Waals surface area contributed by atoms with Crippen molar-refractivity contribution in [3.05, 3.63) is 42.8 Å². The SMILES string of the molecule is CCn1c(=O)c2c(C(=O)OC)cc(=O)n(C)c2n(CC)c1=O. The van der Waals surface area contributed by atoms with Gasteiger partial charge in [0.05, 0.1) is 18.1 Å². The lowest BCUT2D eigenvalue weighted by Crippen LogP contribution is -2.42. The molecule has 0 aliphatic rings. The highest BCUT2D eigenvalue weighted by Gasteiger charge is 2.22. The Hall–Kier alpha value is -2.64. The van der Waals surface area contributed by atoms with Gasteiger partial charge in [-0.1, -0.05) is 0 Å². The molecule has 2 heterocycles. The number of hydrogen-bond donors (Lipinski definition) is 0. The lowest BCUT2D eigenvalue weighted by molar-refractivity contribution is 0.0602. The molecule has 0 fully saturated rings. The van der Waals surface area contributed by atoms with Crippen LogP contribution in [0.1, 0.15) is 24.2 Å². The molecule has 0 saturated heterocycles. The van der Waals surface area contributed by atoms with Crippen LogP contribution < -0.4 is 16.8 Å². The van der Waals surface area contributed by atoms with Crippen molar-refractivity contribution in [3.8, 4) is 0 Å². The van der Waals surface area contributed by atoms with E-state index in [2.05, 4.69) is 4.74 Å². The number of aromatic nitrogens is 3. The fourth-order valence-corrected chi connectivity index (χ4v) is 2.50. The molecular weight excluding hydrogens is 290 g/mol. The number of pyridine rings is 1. The van der Waals surface area contributed by atoms with Crippen LogP contribution in [0.5, 0.6) is 0 Å². The summed E-state index contributed by atoms with van der Waals surface area (Å²) in [5, 5.41) is 0.0113. The molecule has 0 radical (unpaired) electrons. The zero-order valence-electron chi connectivity index (χ0n) is 12.9. The predicted molar refractivity (Wildman–Crippen MR) is 80.4 cm³/mol. The second kappa shape index (κ2) is 5.63. The highest BCUT2D eigenvalue weighted by molar-refractivity contribution is 6.02. The van der Waals surface area contributed by atoms with Crippen LogP contribution in [-0.2, 0) is 24.9 Å². The van der Waals surface area contributed by atoms with Gasteiger partial charge < -0.3 is 4.74 Å². The van der Waals surface area contributed by atoms with Crippen molar-refractivity contribution in [3.63, 3.8) is 0 Å². The van der Waals surface area contributed by atoms with Crippen LogP contribution in [0.25, 0.3) is 11.0 Å². The molecular formula is C14H17N3O5. The summed E-state index contributed by atoms with van der Waals surface area (Å²) in [4.78, 5) is 48.9. The number of fused-ring (bicyclic) bond motifs is 1. The molecule has 0 N–H and O–H groups in total. The first-order valence-corrected chi connectivity index (χ1v) is 6.84. The topological polar surface area (TPSA) is 92.3 Å². The van der Waals surface area contributed by atoms with Crippen molar-refractivity contribution in [2.45, 2.75) is 26.9 Å². The molecule has 8 nitrogen and oxygen atoms in total. The highest BCUT2D eigenvalue weighted by atomic mass is 16.5. The molecule has 0 atom stereocenters. The smallest absolute Gasteiger partial charge is 0.339 e. The van der Waals surface area contributed by atoms with Crippen LogP contribution in [0, 0.1) is 0 Å². The van der Waals surface area contributed by atoms with E-state index in [4.69, 9.17) is 0 Å². The molecule has 22 heavy (non-hydrogen) atoms. The standard InChI is InChI=1S/C14H17N3O5/c1-5-16-11-10(12(19)17(6-2)14(16)21)8(13(20)22-4)7-9(18)15(11)3/h7H,5-6H2,1-4H3.